The molecule has 1 saturated carbocycles. The van der Waals surface area contributed by atoms with Gasteiger partial charge in [0, 0.05) is 12.6 Å². The van der Waals surface area contributed by atoms with E-state index in [1.807, 2.05) is 53.1 Å². The number of anilines is 1. The maximum atomic E-state index is 13.1. The fraction of sp³-hybridized carbons (Fsp3) is 0.286. The average Bonchev–Trinajstić information content (AvgIpc) is 3.52. The van der Waals surface area contributed by atoms with Crippen molar-refractivity contribution in [1.29, 1.82) is 0 Å². The number of pyridine rings is 1. The molecule has 4 aromatic rings. The number of amides is 1. The number of fused-ring (bicyclic) bond motifs is 1. The lowest BCUT2D eigenvalue weighted by Crippen LogP contribution is -2.17. The van der Waals surface area contributed by atoms with Gasteiger partial charge in [-0.2, -0.15) is 0 Å². The van der Waals surface area contributed by atoms with Crippen molar-refractivity contribution in [3.05, 3.63) is 72.4 Å². The Hall–Kier alpha value is -4.00. The zero-order chi connectivity index (χ0) is 24.2. The fourth-order valence-corrected chi connectivity index (χ4v) is 4.79. The van der Waals surface area contributed by atoms with Gasteiger partial charge in [0.25, 0.3) is 0 Å². The first-order valence-corrected chi connectivity index (χ1v) is 12.1. The van der Waals surface area contributed by atoms with Crippen LogP contribution < -0.4 is 5.32 Å². The predicted molar refractivity (Wildman–Crippen MR) is 135 cm³/mol. The molecule has 1 aliphatic rings. The van der Waals surface area contributed by atoms with E-state index in [1.54, 1.807) is 25.3 Å². The van der Waals surface area contributed by atoms with Crippen LogP contribution in [-0.4, -0.2) is 33.0 Å². The lowest BCUT2D eigenvalue weighted by Gasteiger charge is -2.17. The van der Waals surface area contributed by atoms with Gasteiger partial charge in [0.15, 0.2) is 5.82 Å². The standard InChI is InChI=1S/C28H28N4O3/c1-2-35-28(34)20-14-15-25(23(18-20)30-26(33)17-19-9-3-4-10-19)32-24-13-6-5-11-21(24)31-27(32)22-12-7-8-16-29-22/h5-8,11-16,18-19H,2-4,9-10,17H2,1H3,(H,30,33). The number of nitrogens with zero attached hydrogens (tertiary/aromatic N) is 3. The van der Waals surface area contributed by atoms with Crippen molar-refractivity contribution < 1.29 is 14.3 Å². The van der Waals surface area contributed by atoms with Crippen molar-refractivity contribution in [3.8, 4) is 17.2 Å². The van der Waals surface area contributed by atoms with Crippen LogP contribution in [0.15, 0.2) is 66.9 Å². The molecule has 0 unspecified atom stereocenters. The van der Waals surface area contributed by atoms with Crippen LogP contribution >= 0.6 is 0 Å². The quantitative estimate of drug-likeness (QED) is 0.347. The Kier molecular flexibility index (Phi) is 6.57. The fourth-order valence-electron chi connectivity index (χ4n) is 4.79. The Balaban J connectivity index is 1.63. The van der Waals surface area contributed by atoms with Crippen LogP contribution in [-0.2, 0) is 9.53 Å². The molecule has 0 aliphatic heterocycles. The Morgan fingerprint density at radius 2 is 1.86 bits per heavy atom. The van der Waals surface area contributed by atoms with Crippen LogP contribution in [0, 0.1) is 5.92 Å². The van der Waals surface area contributed by atoms with Gasteiger partial charge >= 0.3 is 5.97 Å². The smallest absolute Gasteiger partial charge is 0.338 e. The minimum atomic E-state index is -0.425. The van der Waals surface area contributed by atoms with Crippen LogP contribution in [0.2, 0.25) is 0 Å². The molecule has 1 amide bonds. The predicted octanol–water partition coefficient (Wildman–Crippen LogP) is 5.78. The van der Waals surface area contributed by atoms with Gasteiger partial charge in [0.1, 0.15) is 5.69 Å². The molecule has 0 radical (unpaired) electrons. The molecule has 0 saturated heterocycles. The molecule has 35 heavy (non-hydrogen) atoms. The number of carbonyl (C=O) groups excluding carboxylic acids is 2. The topological polar surface area (TPSA) is 86.1 Å². The second kappa shape index (κ2) is 10.1. The minimum absolute atomic E-state index is 0.0528. The molecule has 178 valence electrons. The van der Waals surface area contributed by atoms with Gasteiger partial charge in [-0.1, -0.05) is 31.0 Å². The monoisotopic (exact) mass is 468 g/mol. The molecule has 2 heterocycles. The molecule has 7 nitrogen and oxygen atoms in total. The van der Waals surface area contributed by atoms with Gasteiger partial charge in [-0.25, -0.2) is 9.78 Å². The van der Waals surface area contributed by atoms with Crippen molar-refractivity contribution in [2.75, 3.05) is 11.9 Å². The molecule has 2 aromatic carbocycles. The van der Waals surface area contributed by atoms with E-state index in [0.29, 0.717) is 40.8 Å². The molecule has 5 rings (SSSR count). The summed E-state index contributed by atoms with van der Waals surface area (Å²) >= 11 is 0. The molecular formula is C28H28N4O3. The third kappa shape index (κ3) is 4.80. The lowest BCUT2D eigenvalue weighted by molar-refractivity contribution is -0.117. The molecule has 0 spiro atoms. The maximum absolute atomic E-state index is 13.1. The Morgan fingerprint density at radius 1 is 1.06 bits per heavy atom. The summed E-state index contributed by atoms with van der Waals surface area (Å²) in [6.07, 6.45) is 6.72. The number of aromatic nitrogens is 3. The first-order valence-electron chi connectivity index (χ1n) is 12.1. The molecule has 7 heteroatoms. The van der Waals surface area contributed by atoms with Crippen LogP contribution in [0.3, 0.4) is 0 Å². The second-order valence-corrected chi connectivity index (χ2v) is 8.83. The number of hydrogen-bond donors (Lipinski definition) is 1. The van der Waals surface area contributed by atoms with Crippen LogP contribution in [0.25, 0.3) is 28.2 Å². The van der Waals surface area contributed by atoms with E-state index in [2.05, 4.69) is 10.3 Å². The molecule has 1 N–H and O–H groups in total. The van der Waals surface area contributed by atoms with E-state index in [4.69, 9.17) is 9.72 Å². The van der Waals surface area contributed by atoms with Gasteiger partial charge in [-0.05, 0) is 68.1 Å². The number of ether oxygens (including phenoxy) is 1. The second-order valence-electron chi connectivity index (χ2n) is 8.83. The Labute approximate surface area is 204 Å². The van der Waals surface area contributed by atoms with E-state index in [-0.39, 0.29) is 12.5 Å². The summed E-state index contributed by atoms with van der Waals surface area (Å²) in [7, 11) is 0. The summed E-state index contributed by atoms with van der Waals surface area (Å²) < 4.78 is 7.19. The Morgan fingerprint density at radius 3 is 2.63 bits per heavy atom. The van der Waals surface area contributed by atoms with Crippen molar-refractivity contribution in [2.45, 2.75) is 39.0 Å². The largest absolute Gasteiger partial charge is 0.462 e. The molecule has 1 fully saturated rings. The van der Waals surface area contributed by atoms with E-state index in [1.165, 1.54) is 12.8 Å². The number of benzene rings is 2. The van der Waals surface area contributed by atoms with Crippen molar-refractivity contribution in [2.24, 2.45) is 5.92 Å². The highest BCUT2D eigenvalue weighted by Crippen LogP contribution is 2.33. The van der Waals surface area contributed by atoms with E-state index >= 15 is 0 Å². The number of nitrogens with one attached hydrogen (secondary N) is 1. The first-order chi connectivity index (χ1) is 17.1. The number of rotatable bonds is 7. The van der Waals surface area contributed by atoms with Crippen molar-refractivity contribution in [1.82, 2.24) is 14.5 Å². The SMILES string of the molecule is CCOC(=O)c1ccc(-n2c(-c3ccccn3)nc3ccccc32)c(NC(=O)CC2CCCC2)c1. The van der Waals surface area contributed by atoms with Gasteiger partial charge < -0.3 is 10.1 Å². The molecule has 1 aliphatic carbocycles. The highest BCUT2D eigenvalue weighted by atomic mass is 16.5. The number of para-hydroxylation sites is 2. The van der Waals surface area contributed by atoms with Crippen molar-refractivity contribution in [3.63, 3.8) is 0 Å². The summed E-state index contributed by atoms with van der Waals surface area (Å²) in [6, 6.07) is 18.8. The number of hydrogen-bond acceptors (Lipinski definition) is 5. The zero-order valence-corrected chi connectivity index (χ0v) is 19.7. The molecular weight excluding hydrogens is 440 g/mol. The lowest BCUT2D eigenvalue weighted by atomic mass is 10.0. The molecule has 0 atom stereocenters. The van der Waals surface area contributed by atoms with Gasteiger partial charge in [0.2, 0.25) is 5.91 Å². The minimum Gasteiger partial charge on any atom is -0.462 e. The van der Waals surface area contributed by atoms with E-state index < -0.39 is 5.97 Å². The van der Waals surface area contributed by atoms with E-state index in [9.17, 15) is 9.59 Å². The van der Waals surface area contributed by atoms with Gasteiger partial charge in [0.05, 0.1) is 34.6 Å². The van der Waals surface area contributed by atoms with Crippen LogP contribution in [0.4, 0.5) is 5.69 Å². The summed E-state index contributed by atoms with van der Waals surface area (Å²) in [5.41, 5.74) is 4.04. The first kappa shape index (κ1) is 22.8. The normalized spacial score (nSPS) is 13.7. The van der Waals surface area contributed by atoms with Gasteiger partial charge in [-0.15, -0.1) is 0 Å². The summed E-state index contributed by atoms with van der Waals surface area (Å²) in [4.78, 5) is 34.9. The third-order valence-electron chi connectivity index (χ3n) is 6.43. The van der Waals surface area contributed by atoms with E-state index in [0.717, 1.165) is 23.9 Å². The average molecular weight is 469 g/mol. The summed E-state index contributed by atoms with van der Waals surface area (Å²) in [5, 5.41) is 3.09. The third-order valence-corrected chi connectivity index (χ3v) is 6.43. The summed E-state index contributed by atoms with van der Waals surface area (Å²) in [6.45, 7) is 2.05. The number of carbonyl (C=O) groups is 2. The van der Waals surface area contributed by atoms with Gasteiger partial charge in [-0.3, -0.25) is 14.3 Å². The maximum Gasteiger partial charge on any atom is 0.338 e. The highest BCUT2D eigenvalue weighted by Gasteiger charge is 2.22. The highest BCUT2D eigenvalue weighted by molar-refractivity contribution is 5.98. The van der Waals surface area contributed by atoms with Crippen LogP contribution in [0.5, 0.6) is 0 Å². The molecule has 2 aromatic heterocycles. The van der Waals surface area contributed by atoms with Crippen LogP contribution in [0.1, 0.15) is 49.4 Å². The molecule has 0 bridgehead atoms. The Bertz CT molecular complexity index is 1360. The number of esters is 1. The van der Waals surface area contributed by atoms with Crippen molar-refractivity contribution >= 4 is 28.6 Å². The summed E-state index contributed by atoms with van der Waals surface area (Å²) in [5.74, 6) is 0.584. The number of imidazole rings is 1. The zero-order valence-electron chi connectivity index (χ0n) is 19.7.